The van der Waals surface area contributed by atoms with Crippen LogP contribution in [0.2, 0.25) is 0 Å². The molecule has 0 rings (SSSR count). The summed E-state index contributed by atoms with van der Waals surface area (Å²) < 4.78 is 5.56. The van der Waals surface area contributed by atoms with Gasteiger partial charge in [-0.3, -0.25) is 0 Å². The molecular formula is C11H21O3-. The van der Waals surface area contributed by atoms with Crippen LogP contribution in [0.25, 0.3) is 0 Å². The van der Waals surface area contributed by atoms with Crippen LogP contribution >= 0.6 is 0 Å². The first kappa shape index (κ1) is 13.4. The molecule has 0 heterocycles. The minimum atomic E-state index is -0.984. The lowest BCUT2D eigenvalue weighted by Gasteiger charge is -2.20. The lowest BCUT2D eigenvalue weighted by molar-refractivity contribution is -0.311. The third-order valence-corrected chi connectivity index (χ3v) is 2.33. The molecule has 3 nitrogen and oxygen atoms in total. The van der Waals surface area contributed by atoms with E-state index < -0.39 is 11.9 Å². The average molecular weight is 201 g/mol. The van der Waals surface area contributed by atoms with Crippen molar-refractivity contribution in [2.24, 2.45) is 5.92 Å². The Balaban J connectivity index is 3.72. The summed E-state index contributed by atoms with van der Waals surface area (Å²) in [6.07, 6.45) is 3.63. The Bertz CT molecular complexity index is 157. The Morgan fingerprint density at radius 3 is 2.50 bits per heavy atom. The molecule has 14 heavy (non-hydrogen) atoms. The third kappa shape index (κ3) is 5.97. The normalized spacial score (nSPS) is 15.1. The van der Waals surface area contributed by atoms with Crippen LogP contribution in [-0.2, 0) is 9.53 Å². The molecule has 2 atom stereocenters. The van der Waals surface area contributed by atoms with Crippen molar-refractivity contribution in [1.82, 2.24) is 0 Å². The van der Waals surface area contributed by atoms with Crippen molar-refractivity contribution in [1.29, 1.82) is 0 Å². The van der Waals surface area contributed by atoms with E-state index in [1.807, 2.05) is 6.92 Å². The van der Waals surface area contributed by atoms with E-state index in [1.165, 1.54) is 0 Å². The maximum atomic E-state index is 10.5. The Hall–Kier alpha value is -0.570. The Kier molecular flexibility index (Phi) is 7.48. The number of carbonyl (C=O) groups is 1. The molecule has 0 amide bonds. The number of carboxylic acid groups (broad SMARTS) is 1. The predicted octanol–water partition coefficient (Wildman–Crippen LogP) is 1.36. The minimum absolute atomic E-state index is 0.0643. The van der Waals surface area contributed by atoms with Gasteiger partial charge in [0.15, 0.2) is 0 Å². The Morgan fingerprint density at radius 2 is 2.07 bits per heavy atom. The van der Waals surface area contributed by atoms with E-state index in [0.29, 0.717) is 6.42 Å². The number of hydrogen-bond acceptors (Lipinski definition) is 3. The summed E-state index contributed by atoms with van der Waals surface area (Å²) in [5.41, 5.74) is 0. The molecule has 0 aliphatic rings. The summed E-state index contributed by atoms with van der Waals surface area (Å²) in [7, 11) is 0. The average Bonchev–Trinajstić information content (AvgIpc) is 2.16. The van der Waals surface area contributed by atoms with Gasteiger partial charge < -0.3 is 14.6 Å². The number of carboxylic acids is 1. The van der Waals surface area contributed by atoms with Gasteiger partial charge in [-0.15, -0.1) is 0 Å². The highest BCUT2D eigenvalue weighted by atomic mass is 16.5. The molecule has 0 aromatic heterocycles. The molecule has 0 saturated carbocycles. The van der Waals surface area contributed by atoms with Crippen LogP contribution in [-0.4, -0.2) is 18.7 Å². The second-order valence-electron chi connectivity index (χ2n) is 3.71. The summed E-state index contributed by atoms with van der Waals surface area (Å²) in [4.78, 5) is 10.5. The zero-order chi connectivity index (χ0) is 11.0. The van der Waals surface area contributed by atoms with E-state index in [9.17, 15) is 9.90 Å². The lowest BCUT2D eigenvalue weighted by atomic mass is 10.0. The molecule has 0 N–H and O–H groups in total. The minimum Gasteiger partial charge on any atom is -0.550 e. The van der Waals surface area contributed by atoms with Crippen molar-refractivity contribution in [2.75, 3.05) is 6.61 Å². The SMILES string of the molecule is CCCCOC(CC)CC(C)C(=O)[O-]. The number of unbranched alkanes of at least 4 members (excludes halogenated alkanes) is 1. The third-order valence-electron chi connectivity index (χ3n) is 2.33. The summed E-state index contributed by atoms with van der Waals surface area (Å²) >= 11 is 0. The van der Waals surface area contributed by atoms with E-state index >= 15 is 0 Å². The van der Waals surface area contributed by atoms with E-state index in [2.05, 4.69) is 6.92 Å². The first-order chi connectivity index (χ1) is 6.61. The second kappa shape index (κ2) is 7.80. The fourth-order valence-electron chi connectivity index (χ4n) is 1.24. The van der Waals surface area contributed by atoms with Gasteiger partial charge in [-0.05, 0) is 25.2 Å². The molecule has 0 bridgehead atoms. The lowest BCUT2D eigenvalue weighted by Crippen LogP contribution is -2.32. The van der Waals surface area contributed by atoms with Crippen molar-refractivity contribution in [3.63, 3.8) is 0 Å². The van der Waals surface area contributed by atoms with Crippen molar-refractivity contribution in [3.8, 4) is 0 Å². The quantitative estimate of drug-likeness (QED) is 0.557. The first-order valence-electron chi connectivity index (χ1n) is 5.44. The fraction of sp³-hybridized carbons (Fsp3) is 0.909. The zero-order valence-electron chi connectivity index (χ0n) is 9.41. The van der Waals surface area contributed by atoms with Crippen LogP contribution in [0.1, 0.15) is 46.5 Å². The highest BCUT2D eigenvalue weighted by Gasteiger charge is 2.12. The van der Waals surface area contributed by atoms with Gasteiger partial charge in [0, 0.05) is 12.6 Å². The van der Waals surface area contributed by atoms with Crippen LogP contribution in [0.4, 0.5) is 0 Å². The van der Waals surface area contributed by atoms with Gasteiger partial charge in [0.05, 0.1) is 6.10 Å². The molecule has 0 saturated heterocycles. The van der Waals surface area contributed by atoms with Gasteiger partial charge in [-0.25, -0.2) is 0 Å². The van der Waals surface area contributed by atoms with Crippen LogP contribution in [0.15, 0.2) is 0 Å². The molecule has 84 valence electrons. The number of aliphatic carboxylic acids is 1. The van der Waals surface area contributed by atoms with Crippen molar-refractivity contribution in [2.45, 2.75) is 52.6 Å². The summed E-state index contributed by atoms with van der Waals surface area (Å²) in [5.74, 6) is -1.40. The van der Waals surface area contributed by atoms with E-state index in [-0.39, 0.29) is 6.10 Å². The van der Waals surface area contributed by atoms with Crippen molar-refractivity contribution >= 4 is 5.97 Å². The zero-order valence-corrected chi connectivity index (χ0v) is 9.41. The van der Waals surface area contributed by atoms with Gasteiger partial charge in [-0.1, -0.05) is 27.2 Å². The van der Waals surface area contributed by atoms with Gasteiger partial charge in [0.2, 0.25) is 0 Å². The Morgan fingerprint density at radius 1 is 1.43 bits per heavy atom. The summed E-state index contributed by atoms with van der Waals surface area (Å²) in [6, 6.07) is 0. The number of hydrogen-bond donors (Lipinski definition) is 0. The smallest absolute Gasteiger partial charge is 0.0578 e. The van der Waals surface area contributed by atoms with Crippen molar-refractivity contribution < 1.29 is 14.6 Å². The van der Waals surface area contributed by atoms with Crippen LogP contribution in [0, 0.1) is 5.92 Å². The van der Waals surface area contributed by atoms with Crippen LogP contribution in [0.3, 0.4) is 0 Å². The molecule has 0 radical (unpaired) electrons. The molecule has 0 aromatic carbocycles. The maximum Gasteiger partial charge on any atom is 0.0578 e. The summed E-state index contributed by atoms with van der Waals surface area (Å²) in [6.45, 7) is 6.52. The summed E-state index contributed by atoms with van der Waals surface area (Å²) in [5, 5.41) is 10.5. The van der Waals surface area contributed by atoms with Gasteiger partial charge >= 0.3 is 0 Å². The first-order valence-corrected chi connectivity index (χ1v) is 5.44. The number of ether oxygens (including phenoxy) is 1. The van der Waals surface area contributed by atoms with Crippen LogP contribution in [0.5, 0.6) is 0 Å². The standard InChI is InChI=1S/C11H22O3/c1-4-6-7-14-10(5-2)8-9(3)11(12)13/h9-10H,4-8H2,1-3H3,(H,12,13)/p-1. The molecule has 3 heteroatoms. The van der Waals surface area contributed by atoms with Crippen molar-refractivity contribution in [3.05, 3.63) is 0 Å². The van der Waals surface area contributed by atoms with E-state index in [0.717, 1.165) is 25.9 Å². The van der Waals surface area contributed by atoms with Crippen LogP contribution < -0.4 is 5.11 Å². The van der Waals surface area contributed by atoms with Gasteiger partial charge in [-0.2, -0.15) is 0 Å². The number of rotatable bonds is 8. The molecule has 0 aliphatic carbocycles. The number of carbonyl (C=O) groups excluding carboxylic acids is 1. The topological polar surface area (TPSA) is 49.4 Å². The second-order valence-corrected chi connectivity index (χ2v) is 3.71. The van der Waals surface area contributed by atoms with E-state index in [4.69, 9.17) is 4.74 Å². The molecule has 0 aromatic rings. The molecule has 0 spiro atoms. The van der Waals surface area contributed by atoms with Gasteiger partial charge in [0.1, 0.15) is 0 Å². The van der Waals surface area contributed by atoms with E-state index in [1.54, 1.807) is 6.92 Å². The fourth-order valence-corrected chi connectivity index (χ4v) is 1.24. The monoisotopic (exact) mass is 201 g/mol. The molecular weight excluding hydrogens is 180 g/mol. The Labute approximate surface area is 86.5 Å². The molecule has 0 fully saturated rings. The largest absolute Gasteiger partial charge is 0.550 e. The molecule has 0 aliphatic heterocycles. The maximum absolute atomic E-state index is 10.5. The predicted molar refractivity (Wildman–Crippen MR) is 53.7 cm³/mol. The van der Waals surface area contributed by atoms with Gasteiger partial charge in [0.25, 0.3) is 0 Å². The highest BCUT2D eigenvalue weighted by Crippen LogP contribution is 2.12. The highest BCUT2D eigenvalue weighted by molar-refractivity contribution is 5.67. The molecule has 2 unspecified atom stereocenters.